The van der Waals surface area contributed by atoms with Crippen molar-refractivity contribution in [2.45, 2.75) is 18.9 Å². The van der Waals surface area contributed by atoms with E-state index in [-0.39, 0.29) is 11.9 Å². The lowest BCUT2D eigenvalue weighted by atomic mass is 10.0. The van der Waals surface area contributed by atoms with Crippen LogP contribution >= 0.6 is 31.9 Å². The molecule has 1 aliphatic heterocycles. The van der Waals surface area contributed by atoms with Gasteiger partial charge in [-0.1, -0.05) is 0 Å². The van der Waals surface area contributed by atoms with E-state index in [9.17, 15) is 4.79 Å². The Balaban J connectivity index is 2.38. The molecule has 4 nitrogen and oxygen atoms in total. The molecule has 0 aromatic heterocycles. The van der Waals surface area contributed by atoms with E-state index in [1.165, 1.54) is 0 Å². The summed E-state index contributed by atoms with van der Waals surface area (Å²) in [7, 11) is 3.44. The third kappa shape index (κ3) is 2.95. The zero-order valence-corrected chi connectivity index (χ0v) is 14.0. The largest absolute Gasteiger partial charge is 0.495 e. The van der Waals surface area contributed by atoms with E-state index in [0.29, 0.717) is 0 Å². The standard InChI is InChI=1S/C13H16Br2N2O2/c1-16-10-4-3-5-17(13(10)18)11-7-12(19-2)9(15)6-8(11)14/h6-7,10,16H,3-5H2,1-2H3. The first-order valence-corrected chi connectivity index (χ1v) is 7.68. The average Bonchev–Trinajstić information content (AvgIpc) is 2.40. The van der Waals surface area contributed by atoms with Crippen molar-refractivity contribution in [2.24, 2.45) is 0 Å². The minimum atomic E-state index is -0.102. The number of rotatable bonds is 3. The molecule has 6 heteroatoms. The fraction of sp³-hybridized carbons (Fsp3) is 0.462. The van der Waals surface area contributed by atoms with Crippen LogP contribution in [-0.2, 0) is 4.79 Å². The Morgan fingerprint density at radius 3 is 2.74 bits per heavy atom. The molecule has 2 rings (SSSR count). The zero-order chi connectivity index (χ0) is 14.0. The van der Waals surface area contributed by atoms with Gasteiger partial charge < -0.3 is 15.0 Å². The average molecular weight is 392 g/mol. The van der Waals surface area contributed by atoms with Crippen LogP contribution in [0.25, 0.3) is 0 Å². The highest BCUT2D eigenvalue weighted by Gasteiger charge is 2.29. The van der Waals surface area contributed by atoms with Gasteiger partial charge in [-0.25, -0.2) is 0 Å². The lowest BCUT2D eigenvalue weighted by Crippen LogP contribution is -2.49. The van der Waals surface area contributed by atoms with Crippen molar-refractivity contribution in [1.29, 1.82) is 0 Å². The number of nitrogens with zero attached hydrogens (tertiary/aromatic N) is 1. The smallest absolute Gasteiger partial charge is 0.244 e. The summed E-state index contributed by atoms with van der Waals surface area (Å²) in [4.78, 5) is 14.2. The minimum Gasteiger partial charge on any atom is -0.495 e. The third-order valence-electron chi connectivity index (χ3n) is 3.30. The number of halogens is 2. The molecule has 1 N–H and O–H groups in total. The summed E-state index contributed by atoms with van der Waals surface area (Å²) < 4.78 is 7.04. The summed E-state index contributed by atoms with van der Waals surface area (Å²) in [5.41, 5.74) is 0.852. The molecule has 104 valence electrons. The number of amides is 1. The Hall–Kier alpha value is -0.590. The highest BCUT2D eigenvalue weighted by molar-refractivity contribution is 9.11. The first-order chi connectivity index (χ1) is 9.08. The van der Waals surface area contributed by atoms with Gasteiger partial charge >= 0.3 is 0 Å². The van der Waals surface area contributed by atoms with Crippen molar-refractivity contribution >= 4 is 43.5 Å². The number of methoxy groups -OCH3 is 1. The number of hydrogen-bond acceptors (Lipinski definition) is 3. The number of piperidine rings is 1. The van der Waals surface area contributed by atoms with Gasteiger partial charge in [-0.3, -0.25) is 4.79 Å². The maximum Gasteiger partial charge on any atom is 0.244 e. The molecule has 1 atom stereocenters. The number of ether oxygens (including phenoxy) is 1. The molecule has 1 saturated heterocycles. The van der Waals surface area contributed by atoms with Crippen LogP contribution in [0.1, 0.15) is 12.8 Å². The molecule has 0 bridgehead atoms. The van der Waals surface area contributed by atoms with Crippen molar-refractivity contribution in [1.82, 2.24) is 5.32 Å². The third-order valence-corrected chi connectivity index (χ3v) is 4.55. The predicted octanol–water partition coefficient (Wildman–Crippen LogP) is 2.94. The normalized spacial score (nSPS) is 19.7. The summed E-state index contributed by atoms with van der Waals surface area (Å²) in [5.74, 6) is 0.830. The molecule has 1 fully saturated rings. The first kappa shape index (κ1) is 14.8. The monoisotopic (exact) mass is 390 g/mol. The molecule has 1 aromatic carbocycles. The molecule has 1 amide bonds. The maximum absolute atomic E-state index is 12.4. The van der Waals surface area contributed by atoms with Gasteiger partial charge in [0, 0.05) is 17.1 Å². The van der Waals surface area contributed by atoms with Gasteiger partial charge in [-0.05, 0) is 57.8 Å². The van der Waals surface area contributed by atoms with Crippen LogP contribution in [0.4, 0.5) is 5.69 Å². The topological polar surface area (TPSA) is 41.6 Å². The minimum absolute atomic E-state index is 0.102. The number of anilines is 1. The number of likely N-dealkylation sites (N-methyl/N-ethyl adjacent to an activating group) is 1. The van der Waals surface area contributed by atoms with Crippen LogP contribution in [0.5, 0.6) is 5.75 Å². The molecular formula is C13H16Br2N2O2. The lowest BCUT2D eigenvalue weighted by molar-refractivity contribution is -0.121. The van der Waals surface area contributed by atoms with Gasteiger partial charge in [0.2, 0.25) is 5.91 Å². The van der Waals surface area contributed by atoms with E-state index in [0.717, 1.165) is 39.8 Å². The maximum atomic E-state index is 12.4. The van der Waals surface area contributed by atoms with Crippen molar-refractivity contribution in [3.8, 4) is 5.75 Å². The fourth-order valence-corrected chi connectivity index (χ4v) is 3.63. The van der Waals surface area contributed by atoms with Crippen LogP contribution in [0.3, 0.4) is 0 Å². The SMILES string of the molecule is CNC1CCCN(c2cc(OC)c(Br)cc2Br)C1=O. The van der Waals surface area contributed by atoms with Crippen molar-refractivity contribution in [3.05, 3.63) is 21.1 Å². The summed E-state index contributed by atoms with van der Waals surface area (Å²) >= 11 is 6.95. The number of hydrogen-bond donors (Lipinski definition) is 1. The van der Waals surface area contributed by atoms with Crippen molar-refractivity contribution in [2.75, 3.05) is 25.6 Å². The van der Waals surface area contributed by atoms with E-state index in [1.807, 2.05) is 24.1 Å². The van der Waals surface area contributed by atoms with E-state index < -0.39 is 0 Å². The first-order valence-electron chi connectivity index (χ1n) is 6.10. The summed E-state index contributed by atoms with van der Waals surface area (Å²) in [6.45, 7) is 0.737. The molecule has 1 aliphatic rings. The van der Waals surface area contributed by atoms with Gasteiger partial charge in [0.1, 0.15) is 5.75 Å². The van der Waals surface area contributed by atoms with E-state index >= 15 is 0 Å². The summed E-state index contributed by atoms with van der Waals surface area (Å²) in [6, 6.07) is 3.68. The van der Waals surface area contributed by atoms with Gasteiger partial charge in [-0.2, -0.15) is 0 Å². The van der Waals surface area contributed by atoms with E-state index in [1.54, 1.807) is 7.11 Å². The van der Waals surface area contributed by atoms with Gasteiger partial charge in [0.25, 0.3) is 0 Å². The highest BCUT2D eigenvalue weighted by atomic mass is 79.9. The van der Waals surface area contributed by atoms with Crippen molar-refractivity contribution in [3.63, 3.8) is 0 Å². The Bertz CT molecular complexity index is 494. The summed E-state index contributed by atoms with van der Waals surface area (Å²) in [5, 5.41) is 3.07. The molecular weight excluding hydrogens is 376 g/mol. The van der Waals surface area contributed by atoms with Crippen LogP contribution < -0.4 is 15.0 Å². The molecule has 0 saturated carbocycles. The van der Waals surface area contributed by atoms with Gasteiger partial charge in [0.05, 0.1) is 23.3 Å². The second-order valence-corrected chi connectivity index (χ2v) is 6.12. The van der Waals surface area contributed by atoms with E-state index in [2.05, 4.69) is 37.2 Å². The Labute approximate surface area is 129 Å². The quantitative estimate of drug-likeness (QED) is 0.861. The second kappa shape index (κ2) is 6.24. The Morgan fingerprint density at radius 2 is 2.11 bits per heavy atom. The number of carbonyl (C=O) groups is 1. The number of nitrogens with one attached hydrogen (secondary N) is 1. The fourth-order valence-electron chi connectivity index (χ4n) is 2.26. The lowest BCUT2D eigenvalue weighted by Gasteiger charge is -2.33. The Kier molecular flexibility index (Phi) is 4.86. The highest BCUT2D eigenvalue weighted by Crippen LogP contribution is 2.37. The number of benzene rings is 1. The van der Waals surface area contributed by atoms with Crippen LogP contribution in [-0.4, -0.2) is 32.7 Å². The molecule has 0 radical (unpaired) electrons. The van der Waals surface area contributed by atoms with Gasteiger partial charge in [-0.15, -0.1) is 0 Å². The Morgan fingerprint density at radius 1 is 1.37 bits per heavy atom. The molecule has 0 spiro atoms. The molecule has 1 aromatic rings. The van der Waals surface area contributed by atoms with Crippen LogP contribution in [0.15, 0.2) is 21.1 Å². The summed E-state index contributed by atoms with van der Waals surface area (Å²) in [6.07, 6.45) is 1.87. The molecule has 19 heavy (non-hydrogen) atoms. The van der Waals surface area contributed by atoms with Crippen LogP contribution in [0, 0.1) is 0 Å². The molecule has 0 aliphatic carbocycles. The molecule has 1 heterocycles. The predicted molar refractivity (Wildman–Crippen MR) is 82.8 cm³/mol. The second-order valence-electron chi connectivity index (χ2n) is 4.41. The zero-order valence-electron chi connectivity index (χ0n) is 10.9. The van der Waals surface area contributed by atoms with Crippen LogP contribution in [0.2, 0.25) is 0 Å². The van der Waals surface area contributed by atoms with Gasteiger partial charge in [0.15, 0.2) is 0 Å². The van der Waals surface area contributed by atoms with E-state index in [4.69, 9.17) is 4.74 Å². The molecule has 1 unspecified atom stereocenters. The number of carbonyl (C=O) groups excluding carboxylic acids is 1. The van der Waals surface area contributed by atoms with Crippen molar-refractivity contribution < 1.29 is 9.53 Å².